The van der Waals surface area contributed by atoms with Gasteiger partial charge in [0.15, 0.2) is 0 Å². The van der Waals surface area contributed by atoms with E-state index in [1.165, 1.54) is 19.2 Å². The van der Waals surface area contributed by atoms with Gasteiger partial charge in [-0.05, 0) is 18.6 Å². The highest BCUT2D eigenvalue weighted by Crippen LogP contribution is 2.22. The maximum absolute atomic E-state index is 10.7. The van der Waals surface area contributed by atoms with Crippen molar-refractivity contribution in [3.8, 4) is 5.75 Å². The van der Waals surface area contributed by atoms with Crippen molar-refractivity contribution in [3.63, 3.8) is 0 Å². The van der Waals surface area contributed by atoms with Crippen LogP contribution in [0, 0.1) is 10.1 Å². The lowest BCUT2D eigenvalue weighted by molar-refractivity contribution is -0.385. The number of ether oxygens (including phenoxy) is 1. The van der Waals surface area contributed by atoms with E-state index in [-0.39, 0.29) is 5.69 Å². The number of hydrogen-bond donors (Lipinski definition) is 1. The Morgan fingerprint density at radius 2 is 2.24 bits per heavy atom. The van der Waals surface area contributed by atoms with Gasteiger partial charge in [0.05, 0.1) is 18.1 Å². The number of nitro benzene ring substituents is 1. The van der Waals surface area contributed by atoms with Crippen molar-refractivity contribution in [1.29, 1.82) is 0 Å². The first-order valence-electron chi connectivity index (χ1n) is 5.20. The van der Waals surface area contributed by atoms with Gasteiger partial charge in [0.1, 0.15) is 5.75 Å². The third kappa shape index (κ3) is 4.24. The average molecular weight is 236 g/mol. The van der Waals surface area contributed by atoms with Crippen LogP contribution in [-0.2, 0) is 6.54 Å². The number of nitro groups is 1. The number of rotatable bonds is 6. The molecule has 5 nitrogen and oxygen atoms in total. The second-order valence-corrected chi connectivity index (χ2v) is 3.86. The minimum atomic E-state index is -0.426. The predicted octanol–water partition coefficient (Wildman–Crippen LogP) is 2.27. The third-order valence-electron chi connectivity index (χ3n) is 2.15. The van der Waals surface area contributed by atoms with E-state index in [4.69, 9.17) is 4.74 Å². The SMILES string of the molecule is C=C(C)CNCc1cc(OC)cc([N+](=O)[O-])c1. The van der Waals surface area contributed by atoms with E-state index >= 15 is 0 Å². The van der Waals surface area contributed by atoms with Crippen LogP contribution in [0.3, 0.4) is 0 Å². The first kappa shape index (κ1) is 13.2. The van der Waals surface area contributed by atoms with Crippen molar-refractivity contribution in [1.82, 2.24) is 5.32 Å². The number of methoxy groups -OCH3 is 1. The van der Waals surface area contributed by atoms with Gasteiger partial charge in [-0.1, -0.05) is 12.2 Å². The Balaban J connectivity index is 2.80. The third-order valence-corrected chi connectivity index (χ3v) is 2.15. The molecule has 0 aliphatic heterocycles. The molecule has 92 valence electrons. The smallest absolute Gasteiger partial charge is 0.273 e. The van der Waals surface area contributed by atoms with Gasteiger partial charge in [-0.25, -0.2) is 0 Å². The summed E-state index contributed by atoms with van der Waals surface area (Å²) in [7, 11) is 1.49. The monoisotopic (exact) mass is 236 g/mol. The van der Waals surface area contributed by atoms with E-state index in [9.17, 15) is 10.1 Å². The minimum Gasteiger partial charge on any atom is -0.496 e. The van der Waals surface area contributed by atoms with Crippen LogP contribution in [-0.4, -0.2) is 18.6 Å². The van der Waals surface area contributed by atoms with Gasteiger partial charge in [-0.2, -0.15) is 0 Å². The molecule has 1 aromatic carbocycles. The number of nitrogens with zero attached hydrogens (tertiary/aromatic N) is 1. The molecule has 1 aromatic rings. The van der Waals surface area contributed by atoms with Crippen LogP contribution in [0.4, 0.5) is 5.69 Å². The Hall–Kier alpha value is -1.88. The molecule has 5 heteroatoms. The summed E-state index contributed by atoms with van der Waals surface area (Å²) in [6, 6.07) is 4.72. The molecule has 0 bridgehead atoms. The molecule has 0 unspecified atom stereocenters. The van der Waals surface area contributed by atoms with Crippen molar-refractivity contribution in [3.05, 3.63) is 46.0 Å². The quantitative estimate of drug-likeness (QED) is 0.467. The maximum atomic E-state index is 10.7. The topological polar surface area (TPSA) is 64.4 Å². The van der Waals surface area contributed by atoms with Crippen LogP contribution >= 0.6 is 0 Å². The molecule has 0 amide bonds. The van der Waals surface area contributed by atoms with E-state index in [1.807, 2.05) is 6.92 Å². The number of nitrogens with one attached hydrogen (secondary N) is 1. The van der Waals surface area contributed by atoms with Gasteiger partial charge in [0.2, 0.25) is 0 Å². The second-order valence-electron chi connectivity index (χ2n) is 3.86. The van der Waals surface area contributed by atoms with Crippen LogP contribution < -0.4 is 10.1 Å². The fraction of sp³-hybridized carbons (Fsp3) is 0.333. The Morgan fingerprint density at radius 3 is 2.76 bits per heavy atom. The van der Waals surface area contributed by atoms with Crippen molar-refractivity contribution in [2.24, 2.45) is 0 Å². The molecule has 0 saturated heterocycles. The molecule has 0 fully saturated rings. The van der Waals surface area contributed by atoms with E-state index in [0.29, 0.717) is 18.8 Å². The van der Waals surface area contributed by atoms with Crippen LogP contribution in [0.25, 0.3) is 0 Å². The molecule has 0 aliphatic rings. The first-order chi connectivity index (χ1) is 8.02. The highest BCUT2D eigenvalue weighted by molar-refractivity contribution is 5.42. The lowest BCUT2D eigenvalue weighted by Crippen LogP contribution is -2.15. The van der Waals surface area contributed by atoms with E-state index < -0.39 is 4.92 Å². The summed E-state index contributed by atoms with van der Waals surface area (Å²) in [6.45, 7) is 6.92. The molecule has 0 spiro atoms. The summed E-state index contributed by atoms with van der Waals surface area (Å²) in [6.07, 6.45) is 0. The standard InChI is InChI=1S/C12H16N2O3/c1-9(2)7-13-8-10-4-11(14(15)16)6-12(5-10)17-3/h4-6,13H,1,7-8H2,2-3H3. The second kappa shape index (κ2) is 6.00. The van der Waals surface area contributed by atoms with Gasteiger partial charge in [0.25, 0.3) is 5.69 Å². The molecular weight excluding hydrogens is 220 g/mol. The van der Waals surface area contributed by atoms with Gasteiger partial charge in [0, 0.05) is 19.2 Å². The molecule has 17 heavy (non-hydrogen) atoms. The summed E-state index contributed by atoms with van der Waals surface area (Å²) in [5.41, 5.74) is 1.87. The van der Waals surface area contributed by atoms with Crippen molar-refractivity contribution in [2.45, 2.75) is 13.5 Å². The van der Waals surface area contributed by atoms with Crippen LogP contribution in [0.15, 0.2) is 30.4 Å². The molecule has 0 aromatic heterocycles. The number of hydrogen-bond acceptors (Lipinski definition) is 4. The van der Waals surface area contributed by atoms with Crippen LogP contribution in [0.1, 0.15) is 12.5 Å². The molecule has 1 N–H and O–H groups in total. The molecule has 0 saturated carbocycles. The zero-order chi connectivity index (χ0) is 12.8. The zero-order valence-electron chi connectivity index (χ0n) is 10.0. The highest BCUT2D eigenvalue weighted by atomic mass is 16.6. The zero-order valence-corrected chi connectivity index (χ0v) is 10.0. The summed E-state index contributed by atoms with van der Waals surface area (Å²) >= 11 is 0. The highest BCUT2D eigenvalue weighted by Gasteiger charge is 2.09. The first-order valence-corrected chi connectivity index (χ1v) is 5.20. The Labute approximate surface area is 100 Å². The van der Waals surface area contributed by atoms with Crippen LogP contribution in [0.5, 0.6) is 5.75 Å². The molecule has 0 radical (unpaired) electrons. The molecule has 0 heterocycles. The van der Waals surface area contributed by atoms with E-state index in [1.54, 1.807) is 6.07 Å². The summed E-state index contributed by atoms with van der Waals surface area (Å²) in [5.74, 6) is 0.492. The lowest BCUT2D eigenvalue weighted by Gasteiger charge is -2.06. The summed E-state index contributed by atoms with van der Waals surface area (Å²) < 4.78 is 5.02. The summed E-state index contributed by atoms with van der Waals surface area (Å²) in [5, 5.41) is 13.9. The van der Waals surface area contributed by atoms with Crippen molar-refractivity contribution < 1.29 is 9.66 Å². The fourth-order valence-electron chi connectivity index (χ4n) is 1.39. The fourth-order valence-corrected chi connectivity index (χ4v) is 1.39. The van der Waals surface area contributed by atoms with Crippen molar-refractivity contribution >= 4 is 5.69 Å². The van der Waals surface area contributed by atoms with E-state index in [2.05, 4.69) is 11.9 Å². The van der Waals surface area contributed by atoms with Crippen LogP contribution in [0.2, 0.25) is 0 Å². The average Bonchev–Trinajstić information content (AvgIpc) is 2.28. The molecule has 1 rings (SSSR count). The van der Waals surface area contributed by atoms with E-state index in [0.717, 1.165) is 11.1 Å². The van der Waals surface area contributed by atoms with Gasteiger partial charge >= 0.3 is 0 Å². The number of benzene rings is 1. The lowest BCUT2D eigenvalue weighted by atomic mass is 10.2. The van der Waals surface area contributed by atoms with Crippen molar-refractivity contribution in [2.75, 3.05) is 13.7 Å². The molecule has 0 atom stereocenters. The Morgan fingerprint density at radius 1 is 1.53 bits per heavy atom. The largest absolute Gasteiger partial charge is 0.496 e. The van der Waals surface area contributed by atoms with Gasteiger partial charge < -0.3 is 10.1 Å². The van der Waals surface area contributed by atoms with Gasteiger partial charge in [-0.15, -0.1) is 0 Å². The number of non-ortho nitro benzene ring substituents is 1. The summed E-state index contributed by atoms with van der Waals surface area (Å²) in [4.78, 5) is 10.3. The maximum Gasteiger partial charge on any atom is 0.273 e. The van der Waals surface area contributed by atoms with Gasteiger partial charge in [-0.3, -0.25) is 10.1 Å². The molecule has 0 aliphatic carbocycles. The normalized spacial score (nSPS) is 10.0. The minimum absolute atomic E-state index is 0.0384. The Kier molecular flexibility index (Phi) is 4.66. The molecular formula is C12H16N2O3. The Bertz CT molecular complexity index is 430. The predicted molar refractivity (Wildman–Crippen MR) is 66.2 cm³/mol.